The fraction of sp³-hybridized carbons (Fsp3) is 0.412. The first-order valence-electron chi connectivity index (χ1n) is 8.18. The molecule has 7 nitrogen and oxygen atoms in total. The highest BCUT2D eigenvalue weighted by atomic mass is 16.2. The van der Waals surface area contributed by atoms with Crippen molar-refractivity contribution in [3.8, 4) is 0 Å². The number of benzene rings is 1. The SMILES string of the molecule is Cc1nn(C)c(C)c1[C@H]1CCCN1C(=O)c1ccc2n[nH]nc2c1. The van der Waals surface area contributed by atoms with E-state index in [1.807, 2.05) is 35.7 Å². The average molecular weight is 324 g/mol. The van der Waals surface area contributed by atoms with Gasteiger partial charge >= 0.3 is 0 Å². The van der Waals surface area contributed by atoms with Gasteiger partial charge < -0.3 is 4.90 Å². The van der Waals surface area contributed by atoms with Crippen LogP contribution in [-0.2, 0) is 7.05 Å². The molecule has 0 aliphatic carbocycles. The van der Waals surface area contributed by atoms with Crippen LogP contribution in [0.25, 0.3) is 11.0 Å². The summed E-state index contributed by atoms with van der Waals surface area (Å²) < 4.78 is 1.90. The normalized spacial score (nSPS) is 17.8. The van der Waals surface area contributed by atoms with E-state index >= 15 is 0 Å². The topological polar surface area (TPSA) is 79.7 Å². The second-order valence-electron chi connectivity index (χ2n) is 6.39. The van der Waals surface area contributed by atoms with E-state index in [0.717, 1.165) is 36.3 Å². The van der Waals surface area contributed by atoms with Gasteiger partial charge in [0.2, 0.25) is 0 Å². The van der Waals surface area contributed by atoms with Crippen molar-refractivity contribution in [3.63, 3.8) is 0 Å². The third-order valence-electron chi connectivity index (χ3n) is 4.98. The summed E-state index contributed by atoms with van der Waals surface area (Å²) in [5.41, 5.74) is 5.46. The van der Waals surface area contributed by atoms with Crippen molar-refractivity contribution < 1.29 is 4.79 Å². The number of nitrogens with one attached hydrogen (secondary N) is 1. The summed E-state index contributed by atoms with van der Waals surface area (Å²) >= 11 is 0. The van der Waals surface area contributed by atoms with Gasteiger partial charge in [-0.1, -0.05) is 0 Å². The second kappa shape index (κ2) is 5.43. The number of nitrogens with zero attached hydrogens (tertiary/aromatic N) is 5. The molecule has 1 N–H and O–H groups in total. The minimum absolute atomic E-state index is 0.0463. The lowest BCUT2D eigenvalue weighted by Crippen LogP contribution is -2.31. The predicted octanol–water partition coefficient (Wildman–Crippen LogP) is 2.29. The maximum Gasteiger partial charge on any atom is 0.254 e. The van der Waals surface area contributed by atoms with E-state index in [0.29, 0.717) is 11.1 Å². The maximum atomic E-state index is 13.1. The molecule has 1 amide bonds. The summed E-state index contributed by atoms with van der Waals surface area (Å²) in [4.78, 5) is 15.0. The Balaban J connectivity index is 1.70. The van der Waals surface area contributed by atoms with Crippen LogP contribution in [0.1, 0.15) is 46.2 Å². The fourth-order valence-electron chi connectivity index (χ4n) is 3.72. The molecule has 7 heteroatoms. The second-order valence-corrected chi connectivity index (χ2v) is 6.39. The van der Waals surface area contributed by atoms with Gasteiger partial charge in [-0.3, -0.25) is 9.48 Å². The van der Waals surface area contributed by atoms with Crippen LogP contribution < -0.4 is 0 Å². The van der Waals surface area contributed by atoms with E-state index in [1.165, 1.54) is 5.56 Å². The number of fused-ring (bicyclic) bond motifs is 1. The molecule has 1 atom stereocenters. The van der Waals surface area contributed by atoms with Crippen molar-refractivity contribution >= 4 is 16.9 Å². The number of hydrogen-bond acceptors (Lipinski definition) is 4. The summed E-state index contributed by atoms with van der Waals surface area (Å²) in [6, 6.07) is 5.56. The first kappa shape index (κ1) is 14.9. The Hall–Kier alpha value is -2.70. The average Bonchev–Trinajstić information content (AvgIpc) is 3.26. The van der Waals surface area contributed by atoms with Crippen LogP contribution in [0.4, 0.5) is 0 Å². The lowest BCUT2D eigenvalue weighted by molar-refractivity contribution is 0.0735. The smallest absolute Gasteiger partial charge is 0.254 e. The number of rotatable bonds is 2. The zero-order chi connectivity index (χ0) is 16.8. The summed E-state index contributed by atoms with van der Waals surface area (Å²) in [5, 5.41) is 15.2. The molecule has 3 aromatic rings. The van der Waals surface area contributed by atoms with Gasteiger partial charge in [-0.15, -0.1) is 0 Å². The van der Waals surface area contributed by atoms with Crippen molar-refractivity contribution in [2.24, 2.45) is 7.05 Å². The summed E-state index contributed by atoms with van der Waals surface area (Å²) in [7, 11) is 1.95. The number of amides is 1. The molecule has 1 fully saturated rings. The Morgan fingerprint density at radius 2 is 2.04 bits per heavy atom. The Bertz CT molecular complexity index is 924. The molecule has 1 saturated heterocycles. The highest BCUT2D eigenvalue weighted by Crippen LogP contribution is 2.36. The molecule has 4 rings (SSSR count). The zero-order valence-corrected chi connectivity index (χ0v) is 14.1. The largest absolute Gasteiger partial charge is 0.331 e. The third kappa shape index (κ3) is 2.19. The molecule has 0 bridgehead atoms. The van der Waals surface area contributed by atoms with E-state index < -0.39 is 0 Å². The monoisotopic (exact) mass is 324 g/mol. The number of aromatic amines is 1. The van der Waals surface area contributed by atoms with Gasteiger partial charge in [0.15, 0.2) is 0 Å². The molecular weight excluding hydrogens is 304 g/mol. The van der Waals surface area contributed by atoms with Gasteiger partial charge in [-0.25, -0.2) is 0 Å². The third-order valence-corrected chi connectivity index (χ3v) is 4.98. The number of aromatic nitrogens is 5. The lowest BCUT2D eigenvalue weighted by atomic mass is 10.0. The van der Waals surface area contributed by atoms with E-state index in [1.54, 1.807) is 6.07 Å². The van der Waals surface area contributed by atoms with Crippen molar-refractivity contribution in [3.05, 3.63) is 40.7 Å². The Labute approximate surface area is 139 Å². The van der Waals surface area contributed by atoms with Crippen LogP contribution in [0.2, 0.25) is 0 Å². The Morgan fingerprint density at radius 1 is 1.25 bits per heavy atom. The number of likely N-dealkylation sites (tertiary alicyclic amines) is 1. The van der Waals surface area contributed by atoms with Gasteiger partial charge in [0, 0.05) is 30.4 Å². The van der Waals surface area contributed by atoms with Crippen LogP contribution in [0.3, 0.4) is 0 Å². The summed E-state index contributed by atoms with van der Waals surface area (Å²) in [5.74, 6) is 0.0463. The number of carbonyl (C=O) groups is 1. The van der Waals surface area contributed by atoms with Crippen molar-refractivity contribution in [1.29, 1.82) is 0 Å². The van der Waals surface area contributed by atoms with Crippen molar-refractivity contribution in [2.45, 2.75) is 32.7 Å². The van der Waals surface area contributed by atoms with Crippen LogP contribution in [0.5, 0.6) is 0 Å². The fourth-order valence-corrected chi connectivity index (χ4v) is 3.72. The molecule has 3 heterocycles. The van der Waals surface area contributed by atoms with Gasteiger partial charge in [0.25, 0.3) is 5.91 Å². The van der Waals surface area contributed by atoms with E-state index in [-0.39, 0.29) is 11.9 Å². The number of hydrogen-bond donors (Lipinski definition) is 1. The Morgan fingerprint density at radius 3 is 2.79 bits per heavy atom. The molecule has 2 aromatic heterocycles. The molecule has 0 unspecified atom stereocenters. The van der Waals surface area contributed by atoms with Gasteiger partial charge in [-0.05, 0) is 44.9 Å². The molecule has 1 aliphatic heterocycles. The predicted molar refractivity (Wildman–Crippen MR) is 89.6 cm³/mol. The number of carbonyl (C=O) groups excluding carboxylic acids is 1. The van der Waals surface area contributed by atoms with Crippen LogP contribution in [-0.4, -0.2) is 42.5 Å². The highest BCUT2D eigenvalue weighted by Gasteiger charge is 2.34. The van der Waals surface area contributed by atoms with Gasteiger partial charge in [0.05, 0.1) is 11.7 Å². The van der Waals surface area contributed by atoms with E-state index in [4.69, 9.17) is 0 Å². The standard InChI is InChI=1S/C17H20N6O/c1-10-16(11(2)22(3)20-10)15-5-4-8-23(15)17(24)12-6-7-13-14(9-12)19-21-18-13/h6-7,9,15H,4-5,8H2,1-3H3,(H,18,19,21)/t15-/m1/s1. The molecule has 1 aliphatic rings. The van der Waals surface area contributed by atoms with Gasteiger partial charge in [0.1, 0.15) is 11.0 Å². The quantitative estimate of drug-likeness (QED) is 0.784. The van der Waals surface area contributed by atoms with Crippen molar-refractivity contribution in [2.75, 3.05) is 6.54 Å². The molecule has 0 saturated carbocycles. The van der Waals surface area contributed by atoms with Crippen LogP contribution >= 0.6 is 0 Å². The molecule has 1 aromatic carbocycles. The van der Waals surface area contributed by atoms with Crippen LogP contribution in [0.15, 0.2) is 18.2 Å². The minimum atomic E-state index is 0.0463. The first-order valence-corrected chi connectivity index (χ1v) is 8.18. The zero-order valence-electron chi connectivity index (χ0n) is 14.1. The van der Waals surface area contributed by atoms with Crippen LogP contribution in [0, 0.1) is 13.8 Å². The van der Waals surface area contributed by atoms with E-state index in [2.05, 4.69) is 27.4 Å². The number of aryl methyl sites for hydroxylation is 2. The molecule has 0 spiro atoms. The van der Waals surface area contributed by atoms with Crippen molar-refractivity contribution in [1.82, 2.24) is 30.1 Å². The molecule has 24 heavy (non-hydrogen) atoms. The molecular formula is C17H20N6O. The van der Waals surface area contributed by atoms with E-state index in [9.17, 15) is 4.79 Å². The minimum Gasteiger partial charge on any atom is -0.331 e. The Kier molecular flexibility index (Phi) is 3.37. The van der Waals surface area contributed by atoms with Gasteiger partial charge in [-0.2, -0.15) is 20.5 Å². The lowest BCUT2D eigenvalue weighted by Gasteiger charge is -2.25. The first-order chi connectivity index (χ1) is 11.6. The molecule has 0 radical (unpaired) electrons. The number of H-pyrrole nitrogens is 1. The highest BCUT2D eigenvalue weighted by molar-refractivity contribution is 5.97. The summed E-state index contributed by atoms with van der Waals surface area (Å²) in [6.45, 7) is 4.86. The molecule has 124 valence electrons. The summed E-state index contributed by atoms with van der Waals surface area (Å²) in [6.07, 6.45) is 1.99. The maximum absolute atomic E-state index is 13.1.